The number of piperazine rings is 1. The molecule has 2 N–H and O–H groups in total. The van der Waals surface area contributed by atoms with Gasteiger partial charge in [-0.05, 0) is 43.8 Å². The lowest BCUT2D eigenvalue weighted by Gasteiger charge is -2.31. The first-order valence-corrected chi connectivity index (χ1v) is 10.5. The summed E-state index contributed by atoms with van der Waals surface area (Å²) in [4.78, 5) is 14.5. The van der Waals surface area contributed by atoms with E-state index >= 15 is 0 Å². The number of benzene rings is 1. The number of amides is 2. The third-order valence-electron chi connectivity index (χ3n) is 4.61. The second-order valence-corrected chi connectivity index (χ2v) is 8.60. The van der Waals surface area contributed by atoms with Crippen molar-refractivity contribution in [2.24, 2.45) is 0 Å². The zero-order chi connectivity index (χ0) is 20.7. The van der Waals surface area contributed by atoms with E-state index in [0.29, 0.717) is 31.9 Å². The summed E-state index contributed by atoms with van der Waals surface area (Å²) in [6.45, 7) is 11.6. The van der Waals surface area contributed by atoms with Crippen LogP contribution >= 0.6 is 0 Å². The number of carbonyl (C=O) groups is 1. The highest BCUT2D eigenvalue weighted by Gasteiger charge is 2.27. The van der Waals surface area contributed by atoms with Gasteiger partial charge in [-0.3, -0.25) is 0 Å². The molecule has 1 unspecified atom stereocenters. The third-order valence-corrected chi connectivity index (χ3v) is 6.52. The minimum atomic E-state index is -3.52. The first kappa shape index (κ1) is 21.9. The maximum atomic E-state index is 12.7. The van der Waals surface area contributed by atoms with Crippen molar-refractivity contribution in [2.45, 2.75) is 17.9 Å². The first-order valence-electron chi connectivity index (χ1n) is 9.09. The van der Waals surface area contributed by atoms with Gasteiger partial charge in [-0.15, -0.1) is 0 Å². The highest BCUT2D eigenvalue weighted by molar-refractivity contribution is 7.89. The Morgan fingerprint density at radius 2 is 1.75 bits per heavy atom. The Morgan fingerprint density at radius 1 is 1.14 bits per heavy atom. The number of carbonyl (C=O) groups excluding carboxylic acids is 1. The molecule has 1 saturated heterocycles. The molecule has 0 spiro atoms. The molecule has 0 radical (unpaired) electrons. The summed E-state index contributed by atoms with van der Waals surface area (Å²) in [6.07, 6.45) is 5.06. The van der Waals surface area contributed by atoms with Gasteiger partial charge in [0.25, 0.3) is 0 Å². The molecule has 1 heterocycles. The van der Waals surface area contributed by atoms with E-state index in [0.717, 1.165) is 5.57 Å². The van der Waals surface area contributed by atoms with Crippen LogP contribution in [0.3, 0.4) is 0 Å². The maximum Gasteiger partial charge on any atom is 0.319 e. The van der Waals surface area contributed by atoms with Gasteiger partial charge >= 0.3 is 6.03 Å². The first-order chi connectivity index (χ1) is 13.3. The van der Waals surface area contributed by atoms with Crippen molar-refractivity contribution in [1.82, 2.24) is 14.5 Å². The van der Waals surface area contributed by atoms with Crippen molar-refractivity contribution < 1.29 is 13.2 Å². The molecule has 7 nitrogen and oxygen atoms in total. The predicted molar refractivity (Wildman–Crippen MR) is 113 cm³/mol. The number of likely N-dealkylation sites (N-methyl/N-ethyl adjacent to an activating group) is 1. The summed E-state index contributed by atoms with van der Waals surface area (Å²) in [6, 6.07) is 5.56. The molecule has 1 aromatic carbocycles. The number of nitrogens with zero attached hydrogens (tertiary/aromatic N) is 2. The van der Waals surface area contributed by atoms with Crippen LogP contribution in [0.1, 0.15) is 6.92 Å². The average molecular weight is 405 g/mol. The van der Waals surface area contributed by atoms with Crippen LogP contribution in [0.15, 0.2) is 66.1 Å². The standard InChI is InChI=1S/C20H28N4O3S/c1-5-7-17(6-2)16(3)21-20(25)22-18-8-10-19(11-9-18)28(26,27)24-14-12-23(4)13-15-24/h5-11,16H,1-2,12-15H2,3-4H3,(H2,21,22,25)/b17-7+. The Balaban J connectivity index is 2.00. The van der Waals surface area contributed by atoms with Crippen molar-refractivity contribution in [3.63, 3.8) is 0 Å². The van der Waals surface area contributed by atoms with Crippen LogP contribution in [0.2, 0.25) is 0 Å². The normalized spacial score (nSPS) is 17.6. The van der Waals surface area contributed by atoms with Crippen LogP contribution < -0.4 is 10.6 Å². The fraction of sp³-hybridized carbons (Fsp3) is 0.350. The van der Waals surface area contributed by atoms with E-state index in [1.54, 1.807) is 30.4 Å². The number of rotatable bonds is 7. The van der Waals surface area contributed by atoms with Gasteiger partial charge in [0.05, 0.1) is 10.9 Å². The fourth-order valence-corrected chi connectivity index (χ4v) is 4.28. The molecule has 1 aromatic rings. The Bertz CT molecular complexity index is 839. The van der Waals surface area contributed by atoms with E-state index in [1.165, 1.54) is 16.4 Å². The highest BCUT2D eigenvalue weighted by Crippen LogP contribution is 2.19. The number of hydrogen-bond donors (Lipinski definition) is 2. The quantitative estimate of drug-likeness (QED) is 0.684. The van der Waals surface area contributed by atoms with Gasteiger partial charge in [-0.25, -0.2) is 13.2 Å². The molecule has 1 fully saturated rings. The van der Waals surface area contributed by atoms with Gasteiger partial charge in [0, 0.05) is 31.9 Å². The summed E-state index contributed by atoms with van der Waals surface area (Å²) >= 11 is 0. The monoisotopic (exact) mass is 404 g/mol. The van der Waals surface area contributed by atoms with Crippen molar-refractivity contribution in [3.8, 4) is 0 Å². The van der Waals surface area contributed by atoms with E-state index < -0.39 is 10.0 Å². The van der Waals surface area contributed by atoms with E-state index in [2.05, 4.69) is 28.7 Å². The van der Waals surface area contributed by atoms with E-state index in [9.17, 15) is 13.2 Å². The maximum absolute atomic E-state index is 12.7. The number of hydrogen-bond acceptors (Lipinski definition) is 4. The molecule has 152 valence electrons. The lowest BCUT2D eigenvalue weighted by atomic mass is 10.1. The van der Waals surface area contributed by atoms with E-state index in [1.807, 2.05) is 14.0 Å². The number of nitrogens with one attached hydrogen (secondary N) is 2. The average Bonchev–Trinajstić information content (AvgIpc) is 2.66. The summed E-state index contributed by atoms with van der Waals surface area (Å²) in [5, 5.41) is 5.50. The summed E-state index contributed by atoms with van der Waals surface area (Å²) in [5.74, 6) is 0. The molecular weight excluding hydrogens is 376 g/mol. The summed E-state index contributed by atoms with van der Waals surface area (Å²) in [5.41, 5.74) is 1.34. The Kier molecular flexibility index (Phi) is 7.56. The number of urea groups is 1. The molecule has 0 aromatic heterocycles. The zero-order valence-corrected chi connectivity index (χ0v) is 17.2. The molecule has 1 aliphatic heterocycles. The SMILES string of the molecule is C=C/C=C(\C=C)C(C)NC(=O)Nc1ccc(S(=O)(=O)N2CCN(C)CC2)cc1. The lowest BCUT2D eigenvalue weighted by molar-refractivity contribution is 0.222. The van der Waals surface area contributed by atoms with Gasteiger partial charge in [0.2, 0.25) is 10.0 Å². The van der Waals surface area contributed by atoms with E-state index in [-0.39, 0.29) is 17.0 Å². The second kappa shape index (κ2) is 9.68. The molecule has 2 amide bonds. The van der Waals surface area contributed by atoms with Crippen molar-refractivity contribution in [1.29, 1.82) is 0 Å². The van der Waals surface area contributed by atoms with Crippen molar-refractivity contribution in [2.75, 3.05) is 38.5 Å². The van der Waals surface area contributed by atoms with Crippen LogP contribution in [0.25, 0.3) is 0 Å². The molecule has 2 rings (SSSR count). The minimum absolute atomic E-state index is 0.222. The van der Waals surface area contributed by atoms with Crippen molar-refractivity contribution >= 4 is 21.7 Å². The Hall–Kier alpha value is -2.42. The minimum Gasteiger partial charge on any atom is -0.331 e. The predicted octanol–water partition coefficient (Wildman–Crippen LogP) is 2.43. The molecule has 1 atom stereocenters. The van der Waals surface area contributed by atoms with Crippen molar-refractivity contribution in [3.05, 3.63) is 61.2 Å². The zero-order valence-electron chi connectivity index (χ0n) is 16.4. The number of sulfonamides is 1. The van der Waals surface area contributed by atoms with Gasteiger partial charge in [0.1, 0.15) is 0 Å². The number of allylic oxidation sites excluding steroid dienone is 2. The largest absolute Gasteiger partial charge is 0.331 e. The molecule has 0 saturated carbocycles. The fourth-order valence-electron chi connectivity index (χ4n) is 2.86. The van der Waals surface area contributed by atoms with Crippen LogP contribution in [0.5, 0.6) is 0 Å². The topological polar surface area (TPSA) is 81.8 Å². The molecule has 8 heteroatoms. The Morgan fingerprint density at radius 3 is 2.29 bits per heavy atom. The lowest BCUT2D eigenvalue weighted by Crippen LogP contribution is -2.47. The van der Waals surface area contributed by atoms with Gasteiger partial charge < -0.3 is 15.5 Å². The van der Waals surface area contributed by atoms with Crippen LogP contribution in [-0.4, -0.2) is 62.9 Å². The van der Waals surface area contributed by atoms with Crippen LogP contribution in [-0.2, 0) is 10.0 Å². The van der Waals surface area contributed by atoms with E-state index in [4.69, 9.17) is 0 Å². The molecule has 28 heavy (non-hydrogen) atoms. The summed E-state index contributed by atoms with van der Waals surface area (Å²) in [7, 11) is -1.55. The van der Waals surface area contributed by atoms with Crippen LogP contribution in [0.4, 0.5) is 10.5 Å². The number of anilines is 1. The molecule has 0 bridgehead atoms. The van der Waals surface area contributed by atoms with Crippen LogP contribution in [0, 0.1) is 0 Å². The van der Waals surface area contributed by atoms with Gasteiger partial charge in [-0.1, -0.05) is 31.4 Å². The van der Waals surface area contributed by atoms with Gasteiger partial charge in [0.15, 0.2) is 0 Å². The smallest absolute Gasteiger partial charge is 0.319 e. The molecule has 1 aliphatic rings. The summed E-state index contributed by atoms with van der Waals surface area (Å²) < 4.78 is 26.9. The Labute approximate surface area is 167 Å². The second-order valence-electron chi connectivity index (χ2n) is 6.66. The molecular formula is C20H28N4O3S. The highest BCUT2D eigenvalue weighted by atomic mass is 32.2. The molecule has 0 aliphatic carbocycles. The third kappa shape index (κ3) is 5.54. The van der Waals surface area contributed by atoms with Gasteiger partial charge in [-0.2, -0.15) is 4.31 Å².